The molecule has 0 aromatic heterocycles. The highest BCUT2D eigenvalue weighted by molar-refractivity contribution is 5.94. The average Bonchev–Trinajstić information content (AvgIpc) is 3.02. The molecule has 0 spiro atoms. The summed E-state index contributed by atoms with van der Waals surface area (Å²) in [6.45, 7) is 2.59. The van der Waals surface area contributed by atoms with E-state index in [-0.39, 0.29) is 24.0 Å². The second-order valence-corrected chi connectivity index (χ2v) is 5.27. The lowest BCUT2D eigenvalue weighted by molar-refractivity contribution is -0.129. The zero-order chi connectivity index (χ0) is 16.8. The van der Waals surface area contributed by atoms with Crippen LogP contribution < -0.4 is 16.0 Å². The molecular formula is C15H19FN4O3. The maximum atomic E-state index is 13.7. The van der Waals surface area contributed by atoms with Crippen LogP contribution in [-0.4, -0.2) is 42.4 Å². The largest absolute Gasteiger partial charge is 0.341 e. The summed E-state index contributed by atoms with van der Waals surface area (Å²) in [5.41, 5.74) is 0.282. The van der Waals surface area contributed by atoms with Gasteiger partial charge in [-0.3, -0.25) is 9.59 Å². The Morgan fingerprint density at radius 2 is 1.87 bits per heavy atom. The van der Waals surface area contributed by atoms with Crippen molar-refractivity contribution in [2.24, 2.45) is 0 Å². The molecule has 124 valence electrons. The first-order valence-corrected chi connectivity index (χ1v) is 7.35. The second kappa shape index (κ2) is 7.57. The van der Waals surface area contributed by atoms with Gasteiger partial charge < -0.3 is 20.9 Å². The second-order valence-electron chi connectivity index (χ2n) is 5.27. The van der Waals surface area contributed by atoms with Gasteiger partial charge in [-0.1, -0.05) is 0 Å². The Bertz CT molecular complexity index is 615. The Morgan fingerprint density at radius 3 is 2.52 bits per heavy atom. The van der Waals surface area contributed by atoms with Crippen LogP contribution in [0.4, 0.5) is 20.6 Å². The van der Waals surface area contributed by atoms with Crippen LogP contribution in [-0.2, 0) is 9.59 Å². The molecule has 1 fully saturated rings. The average molecular weight is 322 g/mol. The molecule has 1 aromatic rings. The molecule has 3 N–H and O–H groups in total. The van der Waals surface area contributed by atoms with Gasteiger partial charge in [0.25, 0.3) is 0 Å². The molecule has 1 heterocycles. The predicted octanol–water partition coefficient (Wildman–Crippen LogP) is 1.53. The van der Waals surface area contributed by atoms with Crippen molar-refractivity contribution in [2.75, 3.05) is 30.3 Å². The van der Waals surface area contributed by atoms with Gasteiger partial charge in [0, 0.05) is 25.7 Å². The van der Waals surface area contributed by atoms with Crippen LogP contribution in [0.3, 0.4) is 0 Å². The Hall–Kier alpha value is -2.64. The Kier molecular flexibility index (Phi) is 5.51. The standard InChI is InChI=1S/C15H19FN4O3/c1-10(21)18-11-4-5-12(16)13(8-11)19-15(23)17-9-14(22)20-6-2-3-7-20/h4-5,8H,2-3,6-7,9H2,1H3,(H,18,21)(H2,17,19,23). The van der Waals surface area contributed by atoms with Crippen LogP contribution in [0.25, 0.3) is 0 Å². The van der Waals surface area contributed by atoms with Gasteiger partial charge in [0.05, 0.1) is 12.2 Å². The molecule has 8 heteroatoms. The molecule has 4 amide bonds. The summed E-state index contributed by atoms with van der Waals surface area (Å²) >= 11 is 0. The molecule has 2 rings (SSSR count). The first-order chi connectivity index (χ1) is 11.0. The third kappa shape index (κ3) is 4.94. The molecule has 1 saturated heterocycles. The van der Waals surface area contributed by atoms with Gasteiger partial charge in [0.2, 0.25) is 11.8 Å². The molecule has 0 bridgehead atoms. The molecule has 7 nitrogen and oxygen atoms in total. The van der Waals surface area contributed by atoms with E-state index in [1.54, 1.807) is 4.90 Å². The maximum absolute atomic E-state index is 13.7. The topological polar surface area (TPSA) is 90.5 Å². The van der Waals surface area contributed by atoms with Crippen LogP contribution in [0.2, 0.25) is 0 Å². The zero-order valence-electron chi connectivity index (χ0n) is 12.8. The van der Waals surface area contributed by atoms with Gasteiger partial charge in [0.1, 0.15) is 5.82 Å². The van der Waals surface area contributed by atoms with Gasteiger partial charge in [-0.05, 0) is 31.0 Å². The summed E-state index contributed by atoms with van der Waals surface area (Å²) in [4.78, 5) is 36.2. The monoisotopic (exact) mass is 322 g/mol. The summed E-state index contributed by atoms with van der Waals surface area (Å²) in [5.74, 6) is -1.10. The van der Waals surface area contributed by atoms with E-state index < -0.39 is 11.8 Å². The fraction of sp³-hybridized carbons (Fsp3) is 0.400. The number of urea groups is 1. The molecule has 0 atom stereocenters. The van der Waals surface area contributed by atoms with E-state index in [9.17, 15) is 18.8 Å². The number of hydrogen-bond acceptors (Lipinski definition) is 3. The Labute approximate surface area is 133 Å². The lowest BCUT2D eigenvalue weighted by atomic mass is 10.2. The number of halogens is 1. The number of nitrogens with one attached hydrogen (secondary N) is 3. The Morgan fingerprint density at radius 1 is 1.17 bits per heavy atom. The molecule has 0 saturated carbocycles. The molecule has 1 aromatic carbocycles. The summed E-state index contributed by atoms with van der Waals surface area (Å²) < 4.78 is 13.7. The predicted molar refractivity (Wildman–Crippen MR) is 83.5 cm³/mol. The number of rotatable bonds is 4. The quantitative estimate of drug-likeness (QED) is 0.785. The summed E-state index contributed by atoms with van der Waals surface area (Å²) in [6.07, 6.45) is 1.94. The number of nitrogens with zero attached hydrogens (tertiary/aromatic N) is 1. The van der Waals surface area contributed by atoms with Gasteiger partial charge in [-0.25, -0.2) is 9.18 Å². The van der Waals surface area contributed by atoms with Crippen molar-refractivity contribution < 1.29 is 18.8 Å². The van der Waals surface area contributed by atoms with Crippen LogP contribution in [0.15, 0.2) is 18.2 Å². The Balaban J connectivity index is 1.89. The molecule has 1 aliphatic rings. The van der Waals surface area contributed by atoms with E-state index in [2.05, 4.69) is 16.0 Å². The lowest BCUT2D eigenvalue weighted by Crippen LogP contribution is -2.40. The van der Waals surface area contributed by atoms with E-state index in [1.165, 1.54) is 19.1 Å². The number of hydrogen-bond donors (Lipinski definition) is 3. The van der Waals surface area contributed by atoms with Crippen LogP contribution >= 0.6 is 0 Å². The summed E-state index contributed by atoms with van der Waals surface area (Å²) in [7, 11) is 0. The SMILES string of the molecule is CC(=O)Nc1ccc(F)c(NC(=O)NCC(=O)N2CCCC2)c1. The first kappa shape index (κ1) is 16.7. The number of anilines is 2. The van der Waals surface area contributed by atoms with Crippen molar-refractivity contribution in [3.05, 3.63) is 24.0 Å². The summed E-state index contributed by atoms with van der Waals surface area (Å²) in [5, 5.41) is 7.22. The van der Waals surface area contributed by atoms with Gasteiger partial charge in [0.15, 0.2) is 0 Å². The minimum atomic E-state index is -0.684. The molecule has 0 unspecified atom stereocenters. The number of carbonyl (C=O) groups is 3. The van der Waals surface area contributed by atoms with E-state index in [4.69, 9.17) is 0 Å². The van der Waals surface area contributed by atoms with Crippen molar-refractivity contribution in [1.29, 1.82) is 0 Å². The van der Waals surface area contributed by atoms with Crippen LogP contribution in [0, 0.1) is 5.82 Å². The fourth-order valence-corrected chi connectivity index (χ4v) is 2.30. The zero-order valence-corrected chi connectivity index (χ0v) is 12.8. The molecule has 0 aliphatic carbocycles. The maximum Gasteiger partial charge on any atom is 0.319 e. The minimum Gasteiger partial charge on any atom is -0.341 e. The van der Waals surface area contributed by atoms with Crippen LogP contribution in [0.1, 0.15) is 19.8 Å². The number of amides is 4. The minimum absolute atomic E-state index is 0.0811. The molecular weight excluding hydrogens is 303 g/mol. The third-order valence-corrected chi connectivity index (χ3v) is 3.39. The van der Waals surface area contributed by atoms with E-state index in [1.807, 2.05) is 0 Å². The van der Waals surface area contributed by atoms with Crippen molar-refractivity contribution in [1.82, 2.24) is 10.2 Å². The smallest absolute Gasteiger partial charge is 0.319 e. The third-order valence-electron chi connectivity index (χ3n) is 3.39. The number of likely N-dealkylation sites (tertiary alicyclic amines) is 1. The van der Waals surface area contributed by atoms with Crippen molar-refractivity contribution in [3.8, 4) is 0 Å². The highest BCUT2D eigenvalue weighted by atomic mass is 19.1. The van der Waals surface area contributed by atoms with E-state index in [0.29, 0.717) is 18.8 Å². The normalized spacial score (nSPS) is 13.6. The number of carbonyl (C=O) groups excluding carboxylic acids is 3. The van der Waals surface area contributed by atoms with Crippen molar-refractivity contribution in [3.63, 3.8) is 0 Å². The van der Waals surface area contributed by atoms with E-state index >= 15 is 0 Å². The van der Waals surface area contributed by atoms with Gasteiger partial charge in [-0.2, -0.15) is 0 Å². The van der Waals surface area contributed by atoms with Gasteiger partial charge in [-0.15, -0.1) is 0 Å². The van der Waals surface area contributed by atoms with E-state index in [0.717, 1.165) is 18.9 Å². The first-order valence-electron chi connectivity index (χ1n) is 7.35. The van der Waals surface area contributed by atoms with Crippen molar-refractivity contribution in [2.45, 2.75) is 19.8 Å². The summed E-state index contributed by atoms with van der Waals surface area (Å²) in [6, 6.07) is 3.14. The van der Waals surface area contributed by atoms with Gasteiger partial charge >= 0.3 is 6.03 Å². The fourth-order valence-electron chi connectivity index (χ4n) is 2.30. The molecule has 0 radical (unpaired) electrons. The highest BCUT2D eigenvalue weighted by Crippen LogP contribution is 2.19. The number of benzene rings is 1. The molecule has 1 aliphatic heterocycles. The molecule has 23 heavy (non-hydrogen) atoms. The lowest BCUT2D eigenvalue weighted by Gasteiger charge is -2.16. The highest BCUT2D eigenvalue weighted by Gasteiger charge is 2.18. The van der Waals surface area contributed by atoms with Crippen LogP contribution in [0.5, 0.6) is 0 Å². The van der Waals surface area contributed by atoms with Crippen molar-refractivity contribution >= 4 is 29.2 Å².